The van der Waals surface area contributed by atoms with Gasteiger partial charge in [-0.15, -0.1) is 0 Å². The first kappa shape index (κ1) is 24.8. The van der Waals surface area contributed by atoms with Crippen molar-refractivity contribution >= 4 is 0 Å². The van der Waals surface area contributed by atoms with Gasteiger partial charge in [-0.25, -0.2) is 0 Å². The molecule has 0 aliphatic rings. The second-order valence-electron chi connectivity index (χ2n) is 0.396. The molecule has 0 aromatic carbocycles. The van der Waals surface area contributed by atoms with Crippen molar-refractivity contribution in [3.63, 3.8) is 0 Å². The monoisotopic (exact) mass is 216 g/mol. The van der Waals surface area contributed by atoms with Crippen LogP contribution in [-0.4, -0.2) is 20.3 Å². The fourth-order valence-corrected chi connectivity index (χ4v) is 0. The van der Waals surface area contributed by atoms with Crippen LogP contribution in [-0.2, 0) is 26.0 Å². The summed E-state index contributed by atoms with van der Waals surface area (Å²) in [5.74, 6) is 0. The van der Waals surface area contributed by atoms with E-state index in [1.54, 1.807) is 0 Å². The van der Waals surface area contributed by atoms with Gasteiger partial charge in [0, 0.05) is 0 Å². The van der Waals surface area contributed by atoms with Crippen LogP contribution in [0.25, 0.3) is 0 Å². The van der Waals surface area contributed by atoms with Crippen LogP contribution in [0.2, 0.25) is 0 Å². The Labute approximate surface area is 47.1 Å². The molecule has 56 valence electrons. The van der Waals surface area contributed by atoms with Gasteiger partial charge in [0.25, 0.3) is 0 Å². The van der Waals surface area contributed by atoms with E-state index in [1.165, 1.54) is 0 Å². The zero-order valence-corrected chi connectivity index (χ0v) is 5.41. The molecule has 0 saturated heterocycles. The summed E-state index contributed by atoms with van der Waals surface area (Å²) in [6, 6.07) is 0. The fourth-order valence-electron chi connectivity index (χ4n) is 0. The molecule has 7 nitrogen and oxygen atoms in total. The van der Waals surface area contributed by atoms with Crippen molar-refractivity contribution in [2.75, 3.05) is 0 Å². The summed E-state index contributed by atoms with van der Waals surface area (Å²) < 4.78 is 33.2. The summed E-state index contributed by atoms with van der Waals surface area (Å²) >= 11 is -5.69. The molecule has 0 amide bonds. The van der Waals surface area contributed by atoms with E-state index in [0.717, 1.165) is 0 Å². The molecule has 0 fully saturated rings. The SMILES string of the molecule is O.O.O.[O]=[Tc](=[O])(=[O])[OH]. The van der Waals surface area contributed by atoms with Crippen LogP contribution in [0.1, 0.15) is 0 Å². The Morgan fingerprint density at radius 2 is 0.875 bits per heavy atom. The first-order valence-electron chi connectivity index (χ1n) is 0.632. The van der Waals surface area contributed by atoms with Crippen molar-refractivity contribution in [2.24, 2.45) is 0 Å². The molecule has 8 heavy (non-hydrogen) atoms. The molecule has 0 unspecified atom stereocenters. The van der Waals surface area contributed by atoms with Gasteiger partial charge in [-0.1, -0.05) is 0 Å². The molecule has 0 bridgehead atoms. The molecule has 0 heterocycles. The normalized spacial score (nSPS) is 7.12. The van der Waals surface area contributed by atoms with Crippen LogP contribution in [0.3, 0.4) is 0 Å². The van der Waals surface area contributed by atoms with E-state index in [0.29, 0.717) is 0 Å². The molecule has 0 saturated carbocycles. The molecule has 8 heteroatoms. The summed E-state index contributed by atoms with van der Waals surface area (Å²) in [7, 11) is 0. The fraction of sp³-hybridized carbons (Fsp3) is 0. The number of hydrogen-bond donors (Lipinski definition) is 1. The maximum absolute atomic E-state index is 8.73. The van der Waals surface area contributed by atoms with E-state index in [9.17, 15) is 0 Å². The van der Waals surface area contributed by atoms with E-state index >= 15 is 0 Å². The van der Waals surface area contributed by atoms with Gasteiger partial charge in [0.1, 0.15) is 0 Å². The zero-order chi connectivity index (χ0) is 4.50. The van der Waals surface area contributed by atoms with Crippen molar-refractivity contribution in [1.29, 1.82) is 0 Å². The average molecular weight is 217 g/mol. The Balaban J connectivity index is -0.0000000267. The molecular formula is H7O7Tc. The van der Waals surface area contributed by atoms with Gasteiger partial charge in [-0.2, -0.15) is 0 Å². The van der Waals surface area contributed by atoms with Crippen molar-refractivity contribution in [1.82, 2.24) is 0 Å². The van der Waals surface area contributed by atoms with E-state index < -0.39 is 15.5 Å². The summed E-state index contributed by atoms with van der Waals surface area (Å²) in [4.78, 5) is 0. The van der Waals surface area contributed by atoms with E-state index in [1.807, 2.05) is 0 Å². The predicted octanol–water partition coefficient (Wildman–Crippen LogP) is -3.39. The Bertz CT molecular complexity index is 126. The van der Waals surface area contributed by atoms with Crippen LogP contribution in [0, 0.1) is 0 Å². The first-order valence-corrected chi connectivity index (χ1v) is 3.74. The van der Waals surface area contributed by atoms with Gasteiger partial charge in [0.15, 0.2) is 0 Å². The molecule has 0 atom stereocenters. The third-order valence-corrected chi connectivity index (χ3v) is 0. The summed E-state index contributed by atoms with van der Waals surface area (Å²) in [6.45, 7) is 0. The quantitative estimate of drug-likeness (QED) is 0.446. The Kier molecular flexibility index (Phi) is 21.3. The van der Waals surface area contributed by atoms with E-state index in [2.05, 4.69) is 0 Å². The van der Waals surface area contributed by atoms with E-state index in [4.69, 9.17) is 14.4 Å². The van der Waals surface area contributed by atoms with Gasteiger partial charge < -0.3 is 16.4 Å². The third-order valence-electron chi connectivity index (χ3n) is 0. The molecule has 0 spiro atoms. The van der Waals surface area contributed by atoms with Crippen LogP contribution in [0.5, 0.6) is 0 Å². The van der Waals surface area contributed by atoms with Crippen molar-refractivity contribution in [3.05, 3.63) is 0 Å². The van der Waals surface area contributed by atoms with Crippen molar-refractivity contribution < 1.29 is 46.3 Å². The third kappa shape index (κ3) is 11500. The molecule has 0 aromatic rings. The minimum absolute atomic E-state index is 0. The molecule has 0 aliphatic carbocycles. The standard InChI is InChI=1S/4H2O.3O.Tc/h4*1H2;;;;/q;;;;;;;+1/p-1. The molecule has 0 aliphatic heterocycles. The molecule has 0 radical (unpaired) electrons. The van der Waals surface area contributed by atoms with Gasteiger partial charge in [0.2, 0.25) is 0 Å². The second-order valence-corrected chi connectivity index (χ2v) is 2.34. The number of rotatable bonds is 0. The summed E-state index contributed by atoms with van der Waals surface area (Å²) in [6.07, 6.45) is 0. The van der Waals surface area contributed by atoms with Crippen LogP contribution in [0.15, 0.2) is 0 Å². The van der Waals surface area contributed by atoms with Crippen LogP contribution < -0.4 is 0 Å². The first-order chi connectivity index (χ1) is 2.00. The predicted molar refractivity (Wildman–Crippen MR) is 15.1 cm³/mol. The Morgan fingerprint density at radius 1 is 0.875 bits per heavy atom. The van der Waals surface area contributed by atoms with Crippen LogP contribution >= 0.6 is 0 Å². The van der Waals surface area contributed by atoms with Gasteiger partial charge >= 0.3 is 29.9 Å². The van der Waals surface area contributed by atoms with Crippen molar-refractivity contribution in [2.45, 2.75) is 0 Å². The average Bonchev–Trinajstić information content (AvgIpc) is 0.722. The van der Waals surface area contributed by atoms with Gasteiger partial charge in [-0.05, 0) is 0 Å². The summed E-state index contributed by atoms with van der Waals surface area (Å²) in [5, 5.41) is 0. The minimum atomic E-state index is -5.69. The Hall–Kier alpha value is -0.111. The van der Waals surface area contributed by atoms with E-state index in [-0.39, 0.29) is 16.4 Å². The second kappa shape index (κ2) is 6.89. The molecule has 0 rings (SSSR count). The molecule has 7 N–H and O–H groups in total. The van der Waals surface area contributed by atoms with Gasteiger partial charge in [0.05, 0.1) is 0 Å². The number of hydrogen-bond acceptors (Lipinski definition) is 3. The van der Waals surface area contributed by atoms with Crippen LogP contribution in [0.4, 0.5) is 0 Å². The zero-order valence-electron chi connectivity index (χ0n) is 3.55. The summed E-state index contributed by atoms with van der Waals surface area (Å²) in [5.41, 5.74) is 0. The molecular weight excluding hydrogens is 210 g/mol. The topological polar surface area (TPSA) is 166 Å². The van der Waals surface area contributed by atoms with Gasteiger partial charge in [-0.3, -0.25) is 0 Å². The maximum atomic E-state index is 8.73. The van der Waals surface area contributed by atoms with Crippen molar-refractivity contribution in [3.8, 4) is 0 Å². The Morgan fingerprint density at radius 3 is 0.875 bits per heavy atom. The molecule has 0 aromatic heterocycles.